The molecule has 0 N–H and O–H groups in total. The van der Waals surface area contributed by atoms with E-state index in [1.54, 1.807) is 12.1 Å². The van der Waals surface area contributed by atoms with Crippen LogP contribution in [0.2, 0.25) is 0 Å². The zero-order chi connectivity index (χ0) is 13.3. The Kier molecular flexibility index (Phi) is 3.14. The summed E-state index contributed by atoms with van der Waals surface area (Å²) in [7, 11) is 4.45. The molecule has 0 bridgehead atoms. The summed E-state index contributed by atoms with van der Waals surface area (Å²) in [4.78, 5) is 11.6. The van der Waals surface area contributed by atoms with Crippen LogP contribution in [0, 0.1) is 0 Å². The SMILES string of the molecule is COc1oc(OC)c(OC)c2c(C(C)=O)ccc1-2. The maximum atomic E-state index is 11.6. The smallest absolute Gasteiger partial charge is 0.331 e. The number of ether oxygens (including phenoxy) is 3. The first-order chi connectivity index (χ1) is 8.63. The summed E-state index contributed by atoms with van der Waals surface area (Å²) in [5.74, 6) is 0.799. The molecular weight excluding hydrogens is 236 g/mol. The second kappa shape index (κ2) is 4.60. The third-order valence-electron chi connectivity index (χ3n) is 2.73. The molecular formula is C13H14O5. The summed E-state index contributed by atoms with van der Waals surface area (Å²) in [6.07, 6.45) is 0. The lowest BCUT2D eigenvalue weighted by Crippen LogP contribution is -1.99. The number of hydrogen-bond donors (Lipinski definition) is 0. The molecule has 0 amide bonds. The maximum absolute atomic E-state index is 11.6. The topological polar surface area (TPSA) is 57.9 Å². The standard InChI is InChI=1S/C13H14O5/c1-7(14)8-5-6-9-10(8)11(15-2)13(17-4)18-12(9)16-3/h5-6H,1-4H3. The highest BCUT2D eigenvalue weighted by Crippen LogP contribution is 2.48. The van der Waals surface area contributed by atoms with Gasteiger partial charge in [-0.3, -0.25) is 4.79 Å². The molecule has 0 aromatic heterocycles. The normalized spacial score (nSPS) is 10.4. The number of carbonyl (C=O) groups excluding carboxylic acids is 1. The molecule has 18 heavy (non-hydrogen) atoms. The van der Waals surface area contributed by atoms with Crippen LogP contribution in [0.25, 0.3) is 11.1 Å². The van der Waals surface area contributed by atoms with Gasteiger partial charge in [-0.1, -0.05) is 0 Å². The third-order valence-corrected chi connectivity index (χ3v) is 2.73. The third kappa shape index (κ3) is 1.68. The van der Waals surface area contributed by atoms with Crippen LogP contribution in [0.1, 0.15) is 17.3 Å². The van der Waals surface area contributed by atoms with Crippen LogP contribution >= 0.6 is 0 Å². The summed E-state index contributed by atoms with van der Waals surface area (Å²) in [6.45, 7) is 1.50. The molecule has 0 saturated heterocycles. The van der Waals surface area contributed by atoms with Crippen molar-refractivity contribution in [1.29, 1.82) is 0 Å². The van der Waals surface area contributed by atoms with E-state index in [1.807, 2.05) is 0 Å². The number of carbonyl (C=O) groups is 1. The second-order valence-corrected chi connectivity index (χ2v) is 3.71. The Morgan fingerprint density at radius 1 is 1.06 bits per heavy atom. The molecule has 0 fully saturated rings. The van der Waals surface area contributed by atoms with Crippen molar-refractivity contribution in [1.82, 2.24) is 0 Å². The van der Waals surface area contributed by atoms with E-state index in [0.717, 1.165) is 0 Å². The lowest BCUT2D eigenvalue weighted by molar-refractivity contribution is 0.101. The van der Waals surface area contributed by atoms with Gasteiger partial charge in [0.15, 0.2) is 5.78 Å². The van der Waals surface area contributed by atoms with E-state index in [0.29, 0.717) is 22.4 Å². The lowest BCUT2D eigenvalue weighted by Gasteiger charge is -2.14. The fraction of sp³-hybridized carbons (Fsp3) is 0.308. The van der Waals surface area contributed by atoms with Gasteiger partial charge in [0.2, 0.25) is 5.75 Å². The van der Waals surface area contributed by atoms with Crippen LogP contribution in [0.4, 0.5) is 0 Å². The molecule has 0 radical (unpaired) electrons. The van der Waals surface area contributed by atoms with E-state index in [9.17, 15) is 4.79 Å². The molecule has 1 aliphatic carbocycles. The van der Waals surface area contributed by atoms with E-state index in [1.165, 1.54) is 28.3 Å². The Morgan fingerprint density at radius 2 is 1.72 bits per heavy atom. The summed E-state index contributed by atoms with van der Waals surface area (Å²) in [6, 6.07) is 3.48. The Hall–Kier alpha value is -2.17. The highest BCUT2D eigenvalue weighted by Gasteiger charge is 2.27. The van der Waals surface area contributed by atoms with Gasteiger partial charge in [0.25, 0.3) is 5.95 Å². The van der Waals surface area contributed by atoms with Gasteiger partial charge in [0.1, 0.15) is 0 Å². The number of rotatable bonds is 4. The first kappa shape index (κ1) is 12.3. The summed E-state index contributed by atoms with van der Waals surface area (Å²) in [5, 5.41) is 0. The Labute approximate surface area is 105 Å². The molecule has 0 aromatic carbocycles. The molecule has 1 heterocycles. The van der Waals surface area contributed by atoms with Crippen LogP contribution in [0.15, 0.2) is 16.5 Å². The minimum Gasteiger partial charge on any atom is -0.490 e. The van der Waals surface area contributed by atoms with Gasteiger partial charge in [-0.25, -0.2) is 0 Å². The maximum Gasteiger partial charge on any atom is 0.331 e. The monoisotopic (exact) mass is 250 g/mol. The van der Waals surface area contributed by atoms with Crippen LogP contribution in [-0.2, 0) is 0 Å². The average molecular weight is 250 g/mol. The first-order valence-corrected chi connectivity index (χ1v) is 5.36. The van der Waals surface area contributed by atoms with Crippen LogP contribution in [-0.4, -0.2) is 27.1 Å². The fourth-order valence-corrected chi connectivity index (χ4v) is 1.95. The minimum absolute atomic E-state index is 0.0568. The average Bonchev–Trinajstić information content (AvgIpc) is 2.81. The number of methoxy groups -OCH3 is 3. The summed E-state index contributed by atoms with van der Waals surface area (Å²) < 4.78 is 21.0. The van der Waals surface area contributed by atoms with Crippen molar-refractivity contribution in [2.24, 2.45) is 0 Å². The molecule has 0 aromatic rings. The van der Waals surface area contributed by atoms with Crippen molar-refractivity contribution in [3.8, 4) is 28.8 Å². The highest BCUT2D eigenvalue weighted by atomic mass is 16.7. The van der Waals surface area contributed by atoms with Crippen molar-refractivity contribution >= 4 is 5.78 Å². The number of hydrogen-bond acceptors (Lipinski definition) is 5. The van der Waals surface area contributed by atoms with Crippen molar-refractivity contribution < 1.29 is 23.4 Å². The van der Waals surface area contributed by atoms with Crippen molar-refractivity contribution in [3.05, 3.63) is 17.7 Å². The van der Waals surface area contributed by atoms with Crippen molar-refractivity contribution in [2.45, 2.75) is 6.92 Å². The van der Waals surface area contributed by atoms with Gasteiger partial charge in [0, 0.05) is 11.1 Å². The lowest BCUT2D eigenvalue weighted by atomic mass is 10.1. The summed E-state index contributed by atoms with van der Waals surface area (Å²) >= 11 is 0. The molecule has 1 aliphatic heterocycles. The molecule has 0 unspecified atom stereocenters. The number of Topliss-reactive ketones (excluding diaryl/α,β-unsaturated/α-hetero) is 1. The van der Waals surface area contributed by atoms with Gasteiger partial charge < -0.3 is 18.6 Å². The molecule has 0 atom stereocenters. The van der Waals surface area contributed by atoms with Crippen LogP contribution < -0.4 is 14.2 Å². The number of ketones is 1. The zero-order valence-electron chi connectivity index (χ0n) is 10.7. The quantitative estimate of drug-likeness (QED) is 0.780. The molecule has 5 heteroatoms. The fourth-order valence-electron chi connectivity index (χ4n) is 1.95. The highest BCUT2D eigenvalue weighted by molar-refractivity contribution is 6.04. The van der Waals surface area contributed by atoms with Crippen LogP contribution in [0.5, 0.6) is 17.6 Å². The zero-order valence-corrected chi connectivity index (χ0v) is 10.7. The van der Waals surface area contributed by atoms with E-state index in [4.69, 9.17) is 18.6 Å². The predicted octanol–water partition coefficient (Wildman–Crippen LogP) is 2.61. The van der Waals surface area contributed by atoms with Crippen molar-refractivity contribution in [3.63, 3.8) is 0 Å². The predicted molar refractivity (Wildman–Crippen MR) is 65.0 cm³/mol. The van der Waals surface area contributed by atoms with Crippen molar-refractivity contribution in [2.75, 3.05) is 21.3 Å². The molecule has 5 nitrogen and oxygen atoms in total. The Balaban J connectivity index is 2.82. The Morgan fingerprint density at radius 3 is 2.22 bits per heavy atom. The molecule has 2 rings (SSSR count). The van der Waals surface area contributed by atoms with E-state index in [-0.39, 0.29) is 17.7 Å². The largest absolute Gasteiger partial charge is 0.490 e. The van der Waals surface area contributed by atoms with Gasteiger partial charge in [0.05, 0.1) is 26.9 Å². The van der Waals surface area contributed by atoms with E-state index in [2.05, 4.69) is 0 Å². The van der Waals surface area contributed by atoms with Gasteiger partial charge in [-0.2, -0.15) is 0 Å². The molecule has 0 saturated carbocycles. The first-order valence-electron chi connectivity index (χ1n) is 5.36. The molecule has 0 spiro atoms. The van der Waals surface area contributed by atoms with Gasteiger partial charge in [-0.15, -0.1) is 0 Å². The molecule has 96 valence electrons. The van der Waals surface area contributed by atoms with E-state index >= 15 is 0 Å². The minimum atomic E-state index is -0.0568. The summed E-state index contributed by atoms with van der Waals surface area (Å²) in [5.41, 5.74) is 1.87. The van der Waals surface area contributed by atoms with E-state index < -0.39 is 0 Å². The number of fused-ring (bicyclic) bond motifs is 1. The second-order valence-electron chi connectivity index (χ2n) is 3.71. The van der Waals surface area contributed by atoms with Crippen LogP contribution in [0.3, 0.4) is 0 Å². The van der Waals surface area contributed by atoms with Gasteiger partial charge >= 0.3 is 5.95 Å². The molecule has 2 aliphatic rings. The Bertz CT molecular complexity index is 555. The van der Waals surface area contributed by atoms with Gasteiger partial charge in [-0.05, 0) is 19.1 Å².